The fourth-order valence-electron chi connectivity index (χ4n) is 1.86. The first-order valence-corrected chi connectivity index (χ1v) is 5.78. The van der Waals surface area contributed by atoms with Gasteiger partial charge in [-0.1, -0.05) is 11.6 Å². The molecule has 0 bridgehead atoms. The van der Waals surface area contributed by atoms with Gasteiger partial charge in [-0.05, 0) is 19.9 Å². The highest BCUT2D eigenvalue weighted by Crippen LogP contribution is 2.26. The van der Waals surface area contributed by atoms with Gasteiger partial charge in [0.25, 0.3) is 0 Å². The smallest absolute Gasteiger partial charge is 0.130 e. The van der Waals surface area contributed by atoms with E-state index in [-0.39, 0.29) is 0 Å². The maximum absolute atomic E-state index is 10.1. The number of furan rings is 1. The SMILES string of the molecule is Cc1cc(C(O)Cc2c(C)nn(C)c2Cl)co1. The van der Waals surface area contributed by atoms with Gasteiger partial charge in [0.15, 0.2) is 0 Å². The van der Waals surface area contributed by atoms with Gasteiger partial charge in [-0.2, -0.15) is 5.10 Å². The van der Waals surface area contributed by atoms with Gasteiger partial charge < -0.3 is 9.52 Å². The van der Waals surface area contributed by atoms with Crippen molar-refractivity contribution in [1.29, 1.82) is 0 Å². The lowest BCUT2D eigenvalue weighted by Crippen LogP contribution is -2.01. The van der Waals surface area contributed by atoms with E-state index in [0.29, 0.717) is 11.6 Å². The quantitative estimate of drug-likeness (QED) is 0.916. The van der Waals surface area contributed by atoms with Crippen LogP contribution in [0.1, 0.15) is 28.7 Å². The molecular formula is C12H15ClN2O2. The molecule has 0 fully saturated rings. The van der Waals surface area contributed by atoms with Crippen molar-refractivity contribution >= 4 is 11.6 Å². The molecule has 0 amide bonds. The zero-order valence-corrected chi connectivity index (χ0v) is 10.8. The van der Waals surface area contributed by atoms with Crippen LogP contribution in [0.2, 0.25) is 5.15 Å². The second-order valence-electron chi connectivity index (χ2n) is 4.19. The van der Waals surface area contributed by atoms with Gasteiger partial charge in [-0.15, -0.1) is 0 Å². The molecule has 0 spiro atoms. The van der Waals surface area contributed by atoms with Crippen LogP contribution in [-0.4, -0.2) is 14.9 Å². The summed E-state index contributed by atoms with van der Waals surface area (Å²) in [5.74, 6) is 0.785. The number of hydrogen-bond acceptors (Lipinski definition) is 3. The minimum Gasteiger partial charge on any atom is -0.469 e. The van der Waals surface area contributed by atoms with Crippen molar-refractivity contribution in [3.63, 3.8) is 0 Å². The van der Waals surface area contributed by atoms with Gasteiger partial charge in [0.05, 0.1) is 18.1 Å². The third-order valence-electron chi connectivity index (χ3n) is 2.80. The lowest BCUT2D eigenvalue weighted by atomic mass is 10.0. The van der Waals surface area contributed by atoms with Crippen LogP contribution >= 0.6 is 11.6 Å². The molecule has 2 aromatic rings. The highest BCUT2D eigenvalue weighted by Gasteiger charge is 2.17. The summed E-state index contributed by atoms with van der Waals surface area (Å²) in [5.41, 5.74) is 2.49. The predicted octanol–water partition coefficient (Wildman–Crippen LogP) is 2.56. The molecule has 4 nitrogen and oxygen atoms in total. The summed E-state index contributed by atoms with van der Waals surface area (Å²) in [5, 5.41) is 14.9. The lowest BCUT2D eigenvalue weighted by Gasteiger charge is -2.07. The van der Waals surface area contributed by atoms with Crippen LogP contribution in [0.25, 0.3) is 0 Å². The van der Waals surface area contributed by atoms with Crippen LogP contribution in [0, 0.1) is 13.8 Å². The van der Waals surface area contributed by atoms with Crippen molar-refractivity contribution in [2.75, 3.05) is 0 Å². The Kier molecular flexibility index (Phi) is 3.26. The van der Waals surface area contributed by atoms with E-state index < -0.39 is 6.10 Å². The number of halogens is 1. The monoisotopic (exact) mass is 254 g/mol. The van der Waals surface area contributed by atoms with Crippen LogP contribution in [0.15, 0.2) is 16.7 Å². The standard InChI is InChI=1S/C12H15ClN2O2/c1-7-4-9(6-17-7)11(16)5-10-8(2)14-15(3)12(10)13/h4,6,11,16H,5H2,1-3H3. The Morgan fingerprint density at radius 1 is 1.53 bits per heavy atom. The summed E-state index contributed by atoms with van der Waals surface area (Å²) in [7, 11) is 1.78. The van der Waals surface area contributed by atoms with Crippen LogP contribution in [-0.2, 0) is 13.5 Å². The molecule has 0 aromatic carbocycles. The molecule has 2 heterocycles. The summed E-state index contributed by atoms with van der Waals surface area (Å²) in [6.07, 6.45) is 1.39. The number of hydrogen-bond donors (Lipinski definition) is 1. The van der Waals surface area contributed by atoms with Gasteiger partial charge in [0, 0.05) is 24.6 Å². The molecule has 0 saturated heterocycles. The van der Waals surface area contributed by atoms with Crippen molar-refractivity contribution in [1.82, 2.24) is 9.78 Å². The Balaban J connectivity index is 2.21. The lowest BCUT2D eigenvalue weighted by molar-refractivity contribution is 0.177. The highest BCUT2D eigenvalue weighted by atomic mass is 35.5. The molecule has 0 aliphatic heterocycles. The minimum absolute atomic E-state index is 0.442. The Labute approximate surface area is 105 Å². The van der Waals surface area contributed by atoms with Crippen molar-refractivity contribution in [2.24, 2.45) is 7.05 Å². The van der Waals surface area contributed by atoms with Crippen molar-refractivity contribution in [3.05, 3.63) is 40.1 Å². The van der Waals surface area contributed by atoms with Gasteiger partial charge >= 0.3 is 0 Å². The number of aliphatic hydroxyl groups excluding tert-OH is 1. The Bertz CT molecular complexity index is 531. The molecule has 17 heavy (non-hydrogen) atoms. The Morgan fingerprint density at radius 2 is 2.24 bits per heavy atom. The van der Waals surface area contributed by atoms with Crippen LogP contribution in [0.4, 0.5) is 0 Å². The fraction of sp³-hybridized carbons (Fsp3) is 0.417. The molecule has 1 atom stereocenters. The van der Waals surface area contributed by atoms with Crippen molar-refractivity contribution < 1.29 is 9.52 Å². The topological polar surface area (TPSA) is 51.2 Å². The first-order valence-electron chi connectivity index (χ1n) is 5.40. The summed E-state index contributed by atoms with van der Waals surface area (Å²) in [4.78, 5) is 0. The van der Waals surface area contributed by atoms with Crippen molar-refractivity contribution in [3.8, 4) is 0 Å². The first-order chi connectivity index (χ1) is 7.99. The van der Waals surface area contributed by atoms with Gasteiger partial charge in [-0.25, -0.2) is 0 Å². The molecule has 92 valence electrons. The molecule has 1 N–H and O–H groups in total. The molecule has 0 radical (unpaired) electrons. The summed E-state index contributed by atoms with van der Waals surface area (Å²) in [6.45, 7) is 3.73. The number of nitrogens with zero attached hydrogens (tertiary/aromatic N) is 2. The fourth-order valence-corrected chi connectivity index (χ4v) is 2.11. The number of aromatic nitrogens is 2. The zero-order valence-electron chi connectivity index (χ0n) is 10.1. The van der Waals surface area contributed by atoms with Crippen LogP contribution in [0.5, 0.6) is 0 Å². The number of aryl methyl sites for hydroxylation is 3. The van der Waals surface area contributed by atoms with Crippen LogP contribution in [0.3, 0.4) is 0 Å². The second kappa shape index (κ2) is 4.55. The van der Waals surface area contributed by atoms with Gasteiger partial charge in [0.2, 0.25) is 0 Å². The molecular weight excluding hydrogens is 240 g/mol. The van der Waals surface area contributed by atoms with Crippen LogP contribution < -0.4 is 0 Å². The molecule has 1 unspecified atom stereocenters. The molecule has 0 saturated carbocycles. The van der Waals surface area contributed by atoms with Gasteiger partial charge in [0.1, 0.15) is 10.9 Å². The second-order valence-corrected chi connectivity index (χ2v) is 4.55. The predicted molar refractivity (Wildman–Crippen MR) is 65.1 cm³/mol. The summed E-state index contributed by atoms with van der Waals surface area (Å²) < 4.78 is 6.79. The normalized spacial score (nSPS) is 13.0. The largest absolute Gasteiger partial charge is 0.469 e. The van der Waals surface area contributed by atoms with E-state index in [1.54, 1.807) is 18.0 Å². The highest BCUT2D eigenvalue weighted by molar-refractivity contribution is 6.30. The maximum atomic E-state index is 10.1. The molecule has 5 heteroatoms. The Morgan fingerprint density at radius 3 is 2.71 bits per heavy atom. The molecule has 0 aliphatic carbocycles. The average Bonchev–Trinajstić information content (AvgIpc) is 2.79. The molecule has 2 rings (SSSR count). The van der Waals surface area contributed by atoms with E-state index in [4.69, 9.17) is 16.0 Å². The maximum Gasteiger partial charge on any atom is 0.130 e. The van der Waals surface area contributed by atoms with E-state index in [2.05, 4.69) is 5.10 Å². The third kappa shape index (κ3) is 2.37. The van der Waals surface area contributed by atoms with E-state index in [0.717, 1.165) is 22.6 Å². The molecule has 2 aromatic heterocycles. The average molecular weight is 255 g/mol. The summed E-state index contributed by atoms with van der Waals surface area (Å²) >= 11 is 6.12. The minimum atomic E-state index is -0.618. The molecule has 0 aliphatic rings. The number of rotatable bonds is 3. The van der Waals surface area contributed by atoms with E-state index in [1.807, 2.05) is 19.9 Å². The van der Waals surface area contributed by atoms with Crippen molar-refractivity contribution in [2.45, 2.75) is 26.4 Å². The van der Waals surface area contributed by atoms with E-state index in [1.165, 1.54) is 0 Å². The van der Waals surface area contributed by atoms with E-state index >= 15 is 0 Å². The number of aliphatic hydroxyl groups is 1. The van der Waals surface area contributed by atoms with Gasteiger partial charge in [-0.3, -0.25) is 4.68 Å². The third-order valence-corrected chi connectivity index (χ3v) is 3.28. The summed E-state index contributed by atoms with van der Waals surface area (Å²) in [6, 6.07) is 1.82. The first kappa shape index (κ1) is 12.2. The zero-order chi connectivity index (χ0) is 12.6. The Hall–Kier alpha value is -1.26. The van der Waals surface area contributed by atoms with E-state index in [9.17, 15) is 5.11 Å².